The van der Waals surface area contributed by atoms with E-state index in [0.29, 0.717) is 58.7 Å². The number of aryl methyl sites for hydroxylation is 1. The molecule has 232 valence electrons. The number of nitrogens with one attached hydrogen (secondary N) is 1. The van der Waals surface area contributed by atoms with Crippen LogP contribution in [0.1, 0.15) is 74.5 Å². The third-order valence-electron chi connectivity index (χ3n) is 7.66. The lowest BCUT2D eigenvalue weighted by molar-refractivity contribution is -0.0363. The number of para-hydroxylation sites is 1. The topological polar surface area (TPSA) is 122 Å². The molecule has 0 spiro atoms. The van der Waals surface area contributed by atoms with Crippen LogP contribution in [-0.2, 0) is 18.2 Å². The first-order valence-electron chi connectivity index (χ1n) is 14.6. The molecular weight excluding hydrogens is 582 g/mol. The monoisotopic (exact) mass is 614 g/mol. The van der Waals surface area contributed by atoms with Gasteiger partial charge in [0.25, 0.3) is 12.2 Å². The molecule has 0 bridgehead atoms. The Hall–Kier alpha value is -5.03. The van der Waals surface area contributed by atoms with E-state index < -0.39 is 18.5 Å². The molecule has 45 heavy (non-hydrogen) atoms. The fourth-order valence-electron chi connectivity index (χ4n) is 5.57. The lowest BCUT2D eigenvalue weighted by Crippen LogP contribution is -2.20. The second kappa shape index (κ2) is 12.5. The Morgan fingerprint density at radius 1 is 1.11 bits per heavy atom. The molecule has 0 aliphatic carbocycles. The maximum atomic E-state index is 14.5. The van der Waals surface area contributed by atoms with Gasteiger partial charge in [-0.1, -0.05) is 32.6 Å². The van der Waals surface area contributed by atoms with Crippen LogP contribution in [0.15, 0.2) is 36.4 Å². The quantitative estimate of drug-likeness (QED) is 0.181. The molecule has 1 unspecified atom stereocenters. The van der Waals surface area contributed by atoms with Gasteiger partial charge in [0, 0.05) is 6.61 Å². The maximum absolute atomic E-state index is 14.5. The van der Waals surface area contributed by atoms with Crippen molar-refractivity contribution in [2.24, 2.45) is 7.05 Å². The molecule has 5 aromatic rings. The summed E-state index contributed by atoms with van der Waals surface area (Å²) < 4.78 is 42.2. The van der Waals surface area contributed by atoms with Crippen LogP contribution in [-0.4, -0.2) is 53.4 Å². The molecule has 5 heterocycles. The Labute approximate surface area is 258 Å². The number of aromatic nitrogens is 8. The largest absolute Gasteiger partial charge is 0.494 e. The Balaban J connectivity index is 1.51. The van der Waals surface area contributed by atoms with Crippen molar-refractivity contribution < 1.29 is 18.3 Å². The van der Waals surface area contributed by atoms with Crippen LogP contribution in [0.2, 0.25) is 0 Å². The minimum Gasteiger partial charge on any atom is -0.494 e. The number of imidazole rings is 1. The van der Waals surface area contributed by atoms with Crippen LogP contribution in [0.5, 0.6) is 5.75 Å². The number of nitrogens with zero attached hydrogens (tertiary/aromatic N) is 9. The molecule has 0 amide bonds. The number of hydrogen-bond donors (Lipinski definition) is 1. The van der Waals surface area contributed by atoms with E-state index in [4.69, 9.17) is 21.0 Å². The Morgan fingerprint density at radius 3 is 2.62 bits per heavy atom. The number of methoxy groups -OCH3 is 1. The van der Waals surface area contributed by atoms with E-state index in [1.54, 1.807) is 31.3 Å². The van der Waals surface area contributed by atoms with Gasteiger partial charge in [0.15, 0.2) is 17.2 Å². The number of benzene rings is 1. The van der Waals surface area contributed by atoms with E-state index in [9.17, 15) is 8.78 Å². The molecule has 0 radical (unpaired) electrons. The fourth-order valence-corrected chi connectivity index (χ4v) is 5.57. The summed E-state index contributed by atoms with van der Waals surface area (Å²) in [4.78, 5) is 18.8. The molecule has 1 fully saturated rings. The summed E-state index contributed by atoms with van der Waals surface area (Å²) in [7, 11) is 3.19. The molecule has 0 saturated carbocycles. The fraction of sp³-hybridized carbons (Fsp3) is 0.387. The maximum Gasteiger partial charge on any atom is 0.295 e. The molecule has 1 N–H and O–H groups in total. The SMILES string of the molecule is [C-]#[N+]c1nc(Cc2cc(Nc3cccc(-c4nnn(C)n4)c3OC)c3nc(C(F)F)n(C4CCCCO4)c3n2)ccc1C(C)C. The predicted octanol–water partition coefficient (Wildman–Crippen LogP) is 6.67. The zero-order chi connectivity index (χ0) is 31.7. The first-order valence-corrected chi connectivity index (χ1v) is 14.6. The number of tetrazole rings is 1. The molecule has 1 aliphatic rings. The Morgan fingerprint density at radius 2 is 1.96 bits per heavy atom. The molecule has 1 atom stereocenters. The number of hydrogen-bond acceptors (Lipinski definition) is 9. The van der Waals surface area contributed by atoms with Crippen LogP contribution in [0, 0.1) is 6.57 Å². The summed E-state index contributed by atoms with van der Waals surface area (Å²) >= 11 is 0. The molecular formula is C31H32F2N10O2. The van der Waals surface area contributed by atoms with Crippen molar-refractivity contribution in [3.8, 4) is 17.1 Å². The van der Waals surface area contributed by atoms with Gasteiger partial charge in [-0.25, -0.2) is 18.7 Å². The van der Waals surface area contributed by atoms with Crippen LogP contribution in [0.25, 0.3) is 27.4 Å². The Kier molecular flexibility index (Phi) is 8.36. The zero-order valence-electron chi connectivity index (χ0n) is 25.3. The average molecular weight is 615 g/mol. The van der Waals surface area contributed by atoms with Gasteiger partial charge in [-0.05, 0) is 60.2 Å². The van der Waals surface area contributed by atoms with Gasteiger partial charge in [-0.15, -0.1) is 15.2 Å². The second-order valence-electron chi connectivity index (χ2n) is 11.1. The zero-order valence-corrected chi connectivity index (χ0v) is 25.3. The van der Waals surface area contributed by atoms with Crippen molar-refractivity contribution in [3.05, 3.63) is 70.6 Å². The highest BCUT2D eigenvalue weighted by molar-refractivity contribution is 5.91. The first-order chi connectivity index (χ1) is 21.8. The van der Waals surface area contributed by atoms with Crippen LogP contribution in [0.4, 0.5) is 26.0 Å². The van der Waals surface area contributed by atoms with E-state index in [1.807, 2.05) is 26.0 Å². The number of halogens is 2. The summed E-state index contributed by atoms with van der Waals surface area (Å²) in [5, 5.41) is 15.7. The highest BCUT2D eigenvalue weighted by Gasteiger charge is 2.29. The summed E-state index contributed by atoms with van der Waals surface area (Å²) in [5.74, 6) is 0.865. The lowest BCUT2D eigenvalue weighted by Gasteiger charge is -2.25. The van der Waals surface area contributed by atoms with Crippen molar-refractivity contribution in [1.82, 2.24) is 39.7 Å². The normalized spacial score (nSPS) is 15.1. The van der Waals surface area contributed by atoms with Crippen molar-refractivity contribution in [2.45, 2.75) is 58.1 Å². The van der Waals surface area contributed by atoms with Gasteiger partial charge >= 0.3 is 0 Å². The minimum absolute atomic E-state index is 0.140. The third-order valence-corrected chi connectivity index (χ3v) is 7.66. The van der Waals surface area contributed by atoms with Crippen LogP contribution < -0.4 is 10.1 Å². The van der Waals surface area contributed by atoms with Gasteiger partial charge in [0.1, 0.15) is 17.4 Å². The van der Waals surface area contributed by atoms with Gasteiger partial charge in [-0.2, -0.15) is 4.80 Å². The van der Waals surface area contributed by atoms with Crippen molar-refractivity contribution in [3.63, 3.8) is 0 Å². The van der Waals surface area contributed by atoms with E-state index in [-0.39, 0.29) is 23.5 Å². The number of fused-ring (bicyclic) bond motifs is 1. The van der Waals surface area contributed by atoms with Gasteiger partial charge in [0.2, 0.25) is 5.82 Å². The van der Waals surface area contributed by atoms with Gasteiger partial charge in [0.05, 0.1) is 43.2 Å². The Bertz CT molecular complexity index is 1890. The molecule has 1 aromatic carbocycles. The summed E-state index contributed by atoms with van der Waals surface area (Å²) in [6, 6.07) is 11.0. The van der Waals surface area contributed by atoms with E-state index >= 15 is 0 Å². The highest BCUT2D eigenvalue weighted by Crippen LogP contribution is 2.40. The van der Waals surface area contributed by atoms with Crippen molar-refractivity contribution in [1.29, 1.82) is 0 Å². The number of anilines is 2. The number of rotatable bonds is 9. The second-order valence-corrected chi connectivity index (χ2v) is 11.1. The van der Waals surface area contributed by atoms with Gasteiger partial charge < -0.3 is 19.6 Å². The molecule has 1 aliphatic heterocycles. The third kappa shape index (κ3) is 5.91. The van der Waals surface area contributed by atoms with E-state index in [0.717, 1.165) is 18.4 Å². The average Bonchev–Trinajstić information content (AvgIpc) is 3.65. The number of alkyl halides is 2. The molecule has 6 rings (SSSR count). The van der Waals surface area contributed by atoms with E-state index in [2.05, 4.69) is 35.5 Å². The standard InChI is InChI=1S/C31H32F2N10O2/c1-17(2)20-13-12-18(35-28(20)34-3)15-19-16-23(37-22-10-8-9-21(26(22)44-5)29-39-41-42(4)40-29)25-30(36-19)43(31(38-25)27(32)33)24-11-6-7-14-45-24/h8-10,12-13,16-17,24,27H,6-7,11,14-15H2,1-2,4-5H3,(H,36,37). The van der Waals surface area contributed by atoms with Gasteiger partial charge in [-0.3, -0.25) is 4.57 Å². The molecule has 1 saturated heterocycles. The summed E-state index contributed by atoms with van der Waals surface area (Å²) in [6.45, 7) is 12.1. The molecule has 4 aromatic heterocycles. The molecule has 14 heteroatoms. The first kappa shape index (κ1) is 30.0. The predicted molar refractivity (Wildman–Crippen MR) is 163 cm³/mol. The molecule has 12 nitrogen and oxygen atoms in total. The smallest absolute Gasteiger partial charge is 0.295 e. The summed E-state index contributed by atoms with van der Waals surface area (Å²) in [6.07, 6.45) is -0.963. The highest BCUT2D eigenvalue weighted by atomic mass is 19.3. The lowest BCUT2D eigenvalue weighted by atomic mass is 10.0. The van der Waals surface area contributed by atoms with Crippen LogP contribution >= 0.6 is 0 Å². The van der Waals surface area contributed by atoms with Crippen LogP contribution in [0.3, 0.4) is 0 Å². The van der Waals surface area contributed by atoms with Crippen molar-refractivity contribution >= 4 is 28.4 Å². The van der Waals surface area contributed by atoms with Crippen molar-refractivity contribution in [2.75, 3.05) is 19.0 Å². The minimum atomic E-state index is -2.85. The number of pyridine rings is 2. The van der Waals surface area contributed by atoms with E-state index in [1.165, 1.54) is 16.5 Å². The number of ether oxygens (including phenoxy) is 2. The summed E-state index contributed by atoms with van der Waals surface area (Å²) in [5.41, 5.74) is 4.15.